The van der Waals surface area contributed by atoms with E-state index in [1.165, 1.54) is 30.6 Å². The summed E-state index contributed by atoms with van der Waals surface area (Å²) >= 11 is 2.88. The molecule has 0 spiro atoms. The second-order valence-electron chi connectivity index (χ2n) is 6.33. The van der Waals surface area contributed by atoms with Crippen LogP contribution in [0.4, 0.5) is 0 Å². The average Bonchev–Trinajstić information content (AvgIpc) is 3.12. The maximum absolute atomic E-state index is 12.1. The smallest absolute Gasteiger partial charge is 0.319 e. The molecule has 3 rings (SSSR count). The third-order valence-electron chi connectivity index (χ3n) is 4.09. The highest BCUT2D eigenvalue weighted by Crippen LogP contribution is 2.30. The van der Waals surface area contributed by atoms with Gasteiger partial charge in [0.05, 0.1) is 12.9 Å². The van der Waals surface area contributed by atoms with Crippen molar-refractivity contribution in [3.63, 3.8) is 0 Å². The number of rotatable bonds is 8. The predicted octanol–water partition coefficient (Wildman–Crippen LogP) is 4.01. The van der Waals surface area contributed by atoms with Gasteiger partial charge in [0.1, 0.15) is 11.1 Å². The normalized spacial score (nSPS) is 12.0. The minimum Gasteiger partial charge on any atom is -0.468 e. The fourth-order valence-corrected chi connectivity index (χ4v) is 4.63. The van der Waals surface area contributed by atoms with Gasteiger partial charge in [-0.25, -0.2) is 9.97 Å². The first-order chi connectivity index (χ1) is 14.0. The molecular weight excluding hydrogens is 406 g/mol. The standard InChI is InChI=1S/C20H23N5O2S2/c1-5-16(18(26)27-4)29-20-24-23-17(25(20)15-9-7-6-8-10-15)12-28-19-21-13(2)11-14(3)22-19/h6-11,16H,5,12H2,1-4H3/t16-/m0/s1. The van der Waals surface area contributed by atoms with Gasteiger partial charge in [0.15, 0.2) is 10.3 Å². The number of carbonyl (C=O) groups excluding carboxylic acids is 1. The summed E-state index contributed by atoms with van der Waals surface area (Å²) in [6, 6.07) is 11.8. The Morgan fingerprint density at radius 2 is 1.83 bits per heavy atom. The van der Waals surface area contributed by atoms with Crippen LogP contribution in [0.5, 0.6) is 0 Å². The van der Waals surface area contributed by atoms with Gasteiger partial charge in [-0.2, -0.15) is 0 Å². The summed E-state index contributed by atoms with van der Waals surface area (Å²) in [6.45, 7) is 5.86. The maximum atomic E-state index is 12.1. The van der Waals surface area contributed by atoms with Gasteiger partial charge in [0.25, 0.3) is 0 Å². The van der Waals surface area contributed by atoms with E-state index in [0.717, 1.165) is 22.9 Å². The molecule has 0 aliphatic rings. The van der Waals surface area contributed by atoms with E-state index in [1.807, 2.05) is 61.7 Å². The van der Waals surface area contributed by atoms with Crippen molar-refractivity contribution < 1.29 is 9.53 Å². The molecule has 0 N–H and O–H groups in total. The number of ether oxygens (including phenoxy) is 1. The lowest BCUT2D eigenvalue weighted by Gasteiger charge is -2.14. The second-order valence-corrected chi connectivity index (χ2v) is 8.44. The number of esters is 1. The van der Waals surface area contributed by atoms with E-state index in [1.54, 1.807) is 0 Å². The average molecular weight is 430 g/mol. The summed E-state index contributed by atoms with van der Waals surface area (Å²) in [7, 11) is 1.40. The maximum Gasteiger partial charge on any atom is 0.319 e. The molecule has 0 aliphatic carbocycles. The van der Waals surface area contributed by atoms with Crippen LogP contribution in [0.15, 0.2) is 46.7 Å². The molecule has 2 heterocycles. The Balaban J connectivity index is 1.90. The van der Waals surface area contributed by atoms with Gasteiger partial charge in [0.2, 0.25) is 0 Å². The fourth-order valence-electron chi connectivity index (χ4n) is 2.75. The number of nitrogens with zero attached hydrogens (tertiary/aromatic N) is 5. The molecule has 0 fully saturated rings. The lowest BCUT2D eigenvalue weighted by Crippen LogP contribution is -2.18. The van der Waals surface area contributed by atoms with Crippen molar-refractivity contribution in [3.8, 4) is 5.69 Å². The van der Waals surface area contributed by atoms with Crippen molar-refractivity contribution in [3.05, 3.63) is 53.6 Å². The second kappa shape index (κ2) is 9.89. The van der Waals surface area contributed by atoms with Crippen molar-refractivity contribution in [1.29, 1.82) is 0 Å². The van der Waals surface area contributed by atoms with Gasteiger partial charge in [-0.05, 0) is 38.5 Å². The van der Waals surface area contributed by atoms with Crippen molar-refractivity contribution in [2.75, 3.05) is 7.11 Å². The molecule has 1 atom stereocenters. The van der Waals surface area contributed by atoms with E-state index in [4.69, 9.17) is 4.74 Å². The molecule has 0 amide bonds. The highest BCUT2D eigenvalue weighted by atomic mass is 32.2. The van der Waals surface area contributed by atoms with Crippen LogP contribution in [-0.2, 0) is 15.3 Å². The first-order valence-electron chi connectivity index (χ1n) is 9.21. The number of para-hydroxylation sites is 1. The molecule has 0 bridgehead atoms. The van der Waals surface area contributed by atoms with E-state index in [2.05, 4.69) is 20.2 Å². The van der Waals surface area contributed by atoms with Crippen LogP contribution in [-0.4, -0.2) is 43.1 Å². The monoisotopic (exact) mass is 429 g/mol. The minimum atomic E-state index is -0.338. The summed E-state index contributed by atoms with van der Waals surface area (Å²) in [5.74, 6) is 1.06. The molecule has 2 aromatic heterocycles. The van der Waals surface area contributed by atoms with Crippen molar-refractivity contribution in [2.45, 2.75) is 48.5 Å². The molecule has 1 aromatic carbocycles. The predicted molar refractivity (Wildman–Crippen MR) is 114 cm³/mol. The summed E-state index contributed by atoms with van der Waals surface area (Å²) < 4.78 is 6.90. The largest absolute Gasteiger partial charge is 0.468 e. The summed E-state index contributed by atoms with van der Waals surface area (Å²) in [6.07, 6.45) is 0.638. The van der Waals surface area contributed by atoms with Gasteiger partial charge in [-0.3, -0.25) is 9.36 Å². The number of benzene rings is 1. The first kappa shape index (κ1) is 21.3. The van der Waals surface area contributed by atoms with Crippen LogP contribution in [0.1, 0.15) is 30.6 Å². The third kappa shape index (κ3) is 5.36. The molecule has 0 radical (unpaired) electrons. The Bertz CT molecular complexity index is 958. The molecule has 9 heteroatoms. The van der Waals surface area contributed by atoms with Crippen LogP contribution < -0.4 is 0 Å². The van der Waals surface area contributed by atoms with Crippen LogP contribution in [0.25, 0.3) is 5.69 Å². The van der Waals surface area contributed by atoms with E-state index in [0.29, 0.717) is 22.5 Å². The molecule has 29 heavy (non-hydrogen) atoms. The number of hydrogen-bond donors (Lipinski definition) is 0. The number of hydrogen-bond acceptors (Lipinski definition) is 8. The number of carbonyl (C=O) groups is 1. The first-order valence-corrected chi connectivity index (χ1v) is 11.1. The van der Waals surface area contributed by atoms with Crippen LogP contribution >= 0.6 is 23.5 Å². The lowest BCUT2D eigenvalue weighted by atomic mass is 10.3. The Labute approximate surface area is 178 Å². The van der Waals surface area contributed by atoms with Crippen molar-refractivity contribution >= 4 is 29.5 Å². The summed E-state index contributed by atoms with van der Waals surface area (Å²) in [5, 5.41) is 9.78. The quantitative estimate of drug-likeness (QED) is 0.302. The molecular formula is C20H23N5O2S2. The van der Waals surface area contributed by atoms with Crippen molar-refractivity contribution in [2.24, 2.45) is 0 Å². The number of aryl methyl sites for hydroxylation is 2. The van der Waals surface area contributed by atoms with E-state index >= 15 is 0 Å². The summed E-state index contributed by atoms with van der Waals surface area (Å²) in [5.41, 5.74) is 2.81. The number of methoxy groups -OCH3 is 1. The van der Waals surface area contributed by atoms with Crippen LogP contribution in [0.3, 0.4) is 0 Å². The fraction of sp³-hybridized carbons (Fsp3) is 0.350. The zero-order valence-corrected chi connectivity index (χ0v) is 18.5. The minimum absolute atomic E-state index is 0.264. The Morgan fingerprint density at radius 3 is 2.45 bits per heavy atom. The molecule has 152 valence electrons. The van der Waals surface area contributed by atoms with Gasteiger partial charge in [-0.15, -0.1) is 10.2 Å². The van der Waals surface area contributed by atoms with E-state index in [-0.39, 0.29) is 11.2 Å². The van der Waals surface area contributed by atoms with E-state index < -0.39 is 0 Å². The van der Waals surface area contributed by atoms with Crippen LogP contribution in [0, 0.1) is 13.8 Å². The summed E-state index contributed by atoms with van der Waals surface area (Å²) in [4.78, 5) is 21.0. The van der Waals surface area contributed by atoms with Crippen LogP contribution in [0.2, 0.25) is 0 Å². The van der Waals surface area contributed by atoms with E-state index in [9.17, 15) is 4.79 Å². The Morgan fingerprint density at radius 1 is 1.14 bits per heavy atom. The molecule has 0 unspecified atom stereocenters. The number of aromatic nitrogens is 5. The van der Waals surface area contributed by atoms with Gasteiger partial charge in [0, 0.05) is 17.1 Å². The highest BCUT2D eigenvalue weighted by molar-refractivity contribution is 8.00. The van der Waals surface area contributed by atoms with Gasteiger partial charge in [-0.1, -0.05) is 48.6 Å². The van der Waals surface area contributed by atoms with Crippen molar-refractivity contribution in [1.82, 2.24) is 24.7 Å². The van der Waals surface area contributed by atoms with Gasteiger partial charge < -0.3 is 4.74 Å². The lowest BCUT2D eigenvalue weighted by molar-refractivity contribution is -0.140. The Kier molecular flexibility index (Phi) is 7.27. The number of thioether (sulfide) groups is 2. The zero-order valence-electron chi connectivity index (χ0n) is 16.8. The topological polar surface area (TPSA) is 82.8 Å². The zero-order chi connectivity index (χ0) is 20.8. The van der Waals surface area contributed by atoms with Gasteiger partial charge >= 0.3 is 5.97 Å². The Hall–Kier alpha value is -2.39. The molecule has 0 saturated heterocycles. The highest BCUT2D eigenvalue weighted by Gasteiger charge is 2.24. The molecule has 0 saturated carbocycles. The third-order valence-corrected chi connectivity index (χ3v) is 6.22. The molecule has 7 nitrogen and oxygen atoms in total. The molecule has 3 aromatic rings. The SMILES string of the molecule is CC[C@H](Sc1nnc(CSc2nc(C)cc(C)n2)n1-c1ccccc1)C(=O)OC. The molecule has 0 aliphatic heterocycles.